The number of carbonyl (C=O) groups is 1. The van der Waals surface area contributed by atoms with Gasteiger partial charge in [0.25, 0.3) is 0 Å². The first-order valence-electron chi connectivity index (χ1n) is 7.31. The first kappa shape index (κ1) is 14.3. The van der Waals surface area contributed by atoms with Gasteiger partial charge in [-0.05, 0) is 31.2 Å². The van der Waals surface area contributed by atoms with Gasteiger partial charge < -0.3 is 4.74 Å². The molecule has 0 saturated heterocycles. The molecule has 0 saturated carbocycles. The van der Waals surface area contributed by atoms with Gasteiger partial charge in [0.1, 0.15) is 5.65 Å². The lowest BCUT2D eigenvalue weighted by atomic mass is 10.1. The summed E-state index contributed by atoms with van der Waals surface area (Å²) in [6.45, 7) is 2.21. The van der Waals surface area contributed by atoms with Gasteiger partial charge in [0, 0.05) is 30.6 Å². The van der Waals surface area contributed by atoms with Crippen LogP contribution < -0.4 is 0 Å². The lowest BCUT2D eigenvalue weighted by Gasteiger charge is -2.05. The maximum absolute atomic E-state index is 11.6. The molecular formula is C17H17N3O2. The molecule has 0 bridgehead atoms. The average molecular weight is 295 g/mol. The molecule has 3 heterocycles. The quantitative estimate of drug-likeness (QED) is 0.679. The van der Waals surface area contributed by atoms with Crippen LogP contribution >= 0.6 is 0 Å². The van der Waals surface area contributed by atoms with Crippen LogP contribution in [0.4, 0.5) is 0 Å². The molecular weight excluding hydrogens is 278 g/mol. The summed E-state index contributed by atoms with van der Waals surface area (Å²) in [5.74, 6) is -0.194. The van der Waals surface area contributed by atoms with E-state index in [1.165, 1.54) is 0 Å². The SMILES string of the molecule is CCOC(=O)CCc1nc2ccccn2c1-c1ccncc1. The number of hydrogen-bond donors (Lipinski definition) is 0. The lowest BCUT2D eigenvalue weighted by Crippen LogP contribution is -2.06. The monoisotopic (exact) mass is 295 g/mol. The number of pyridine rings is 2. The molecule has 0 fully saturated rings. The molecule has 5 heteroatoms. The van der Waals surface area contributed by atoms with Crippen LogP contribution in [0.15, 0.2) is 48.9 Å². The second-order valence-corrected chi connectivity index (χ2v) is 4.88. The second-order valence-electron chi connectivity index (χ2n) is 4.88. The minimum absolute atomic E-state index is 0.194. The molecule has 112 valence electrons. The van der Waals surface area contributed by atoms with E-state index in [4.69, 9.17) is 4.74 Å². The summed E-state index contributed by atoms with van der Waals surface area (Å²) in [7, 11) is 0. The first-order valence-corrected chi connectivity index (χ1v) is 7.31. The van der Waals surface area contributed by atoms with E-state index < -0.39 is 0 Å². The Bertz CT molecular complexity index is 781. The van der Waals surface area contributed by atoms with Gasteiger partial charge in [0.05, 0.1) is 24.4 Å². The predicted molar refractivity (Wildman–Crippen MR) is 83.4 cm³/mol. The van der Waals surface area contributed by atoms with E-state index >= 15 is 0 Å². The van der Waals surface area contributed by atoms with Crippen molar-refractivity contribution < 1.29 is 9.53 Å². The molecule has 0 aliphatic carbocycles. The van der Waals surface area contributed by atoms with E-state index in [1.807, 2.05) is 47.9 Å². The highest BCUT2D eigenvalue weighted by Crippen LogP contribution is 2.25. The smallest absolute Gasteiger partial charge is 0.306 e. The van der Waals surface area contributed by atoms with Crippen LogP contribution in [0.1, 0.15) is 19.0 Å². The fourth-order valence-electron chi connectivity index (χ4n) is 2.49. The molecule has 0 aliphatic rings. The Morgan fingerprint density at radius 1 is 1.23 bits per heavy atom. The summed E-state index contributed by atoms with van der Waals surface area (Å²) in [6.07, 6.45) is 6.37. The largest absolute Gasteiger partial charge is 0.466 e. The van der Waals surface area contributed by atoms with Crippen LogP contribution in [0.25, 0.3) is 16.9 Å². The molecule has 3 aromatic heterocycles. The van der Waals surface area contributed by atoms with Crippen molar-refractivity contribution in [2.75, 3.05) is 6.61 Å². The number of rotatable bonds is 5. The van der Waals surface area contributed by atoms with Gasteiger partial charge in [-0.2, -0.15) is 0 Å². The molecule has 3 rings (SSSR count). The van der Waals surface area contributed by atoms with E-state index in [0.717, 1.165) is 22.6 Å². The number of esters is 1. The molecule has 0 unspecified atom stereocenters. The Morgan fingerprint density at radius 2 is 2.05 bits per heavy atom. The normalized spacial score (nSPS) is 10.8. The van der Waals surface area contributed by atoms with Crippen molar-refractivity contribution >= 4 is 11.6 Å². The molecule has 0 aromatic carbocycles. The van der Waals surface area contributed by atoms with Crippen molar-refractivity contribution in [2.24, 2.45) is 0 Å². The average Bonchev–Trinajstić information content (AvgIpc) is 2.92. The summed E-state index contributed by atoms with van der Waals surface area (Å²) in [5.41, 5.74) is 3.80. The number of carbonyl (C=O) groups excluding carboxylic acids is 1. The Kier molecular flexibility index (Phi) is 4.14. The molecule has 0 atom stereocenters. The zero-order valence-corrected chi connectivity index (χ0v) is 12.4. The number of nitrogens with zero attached hydrogens (tertiary/aromatic N) is 3. The van der Waals surface area contributed by atoms with Crippen LogP contribution in [0, 0.1) is 0 Å². The summed E-state index contributed by atoms with van der Waals surface area (Å²) in [6, 6.07) is 9.77. The fourth-order valence-corrected chi connectivity index (χ4v) is 2.49. The highest BCUT2D eigenvalue weighted by atomic mass is 16.5. The second kappa shape index (κ2) is 6.39. The third-order valence-corrected chi connectivity index (χ3v) is 3.43. The number of aryl methyl sites for hydroxylation is 1. The minimum atomic E-state index is -0.194. The van der Waals surface area contributed by atoms with Gasteiger partial charge >= 0.3 is 5.97 Å². The summed E-state index contributed by atoms with van der Waals surface area (Å²) in [4.78, 5) is 20.3. The summed E-state index contributed by atoms with van der Waals surface area (Å²) >= 11 is 0. The third-order valence-electron chi connectivity index (χ3n) is 3.43. The topological polar surface area (TPSA) is 56.5 Å². The van der Waals surface area contributed by atoms with Crippen molar-refractivity contribution in [3.8, 4) is 11.3 Å². The van der Waals surface area contributed by atoms with Crippen LogP contribution in [0.2, 0.25) is 0 Å². The fraction of sp³-hybridized carbons (Fsp3) is 0.235. The van der Waals surface area contributed by atoms with E-state index in [0.29, 0.717) is 19.4 Å². The Balaban J connectivity index is 2.00. The molecule has 5 nitrogen and oxygen atoms in total. The zero-order valence-electron chi connectivity index (χ0n) is 12.4. The number of aromatic nitrogens is 3. The Labute approximate surface area is 128 Å². The van der Waals surface area contributed by atoms with E-state index in [9.17, 15) is 4.79 Å². The first-order chi connectivity index (χ1) is 10.8. The van der Waals surface area contributed by atoms with Gasteiger partial charge in [-0.25, -0.2) is 4.98 Å². The Hall–Kier alpha value is -2.69. The van der Waals surface area contributed by atoms with Crippen molar-refractivity contribution in [1.29, 1.82) is 0 Å². The molecule has 0 spiro atoms. The standard InChI is InChI=1S/C17H17N3O2/c1-2-22-16(21)7-6-14-17(13-8-10-18-11-9-13)20-12-4-3-5-15(20)19-14/h3-5,8-12H,2,6-7H2,1H3. The van der Waals surface area contributed by atoms with E-state index in [1.54, 1.807) is 12.4 Å². The van der Waals surface area contributed by atoms with Crippen LogP contribution in [0.5, 0.6) is 0 Å². The van der Waals surface area contributed by atoms with Crippen molar-refractivity contribution in [1.82, 2.24) is 14.4 Å². The molecule has 0 aliphatic heterocycles. The van der Waals surface area contributed by atoms with E-state index in [-0.39, 0.29) is 5.97 Å². The van der Waals surface area contributed by atoms with Crippen LogP contribution in [-0.2, 0) is 16.0 Å². The van der Waals surface area contributed by atoms with Gasteiger partial charge in [0.2, 0.25) is 0 Å². The number of imidazole rings is 1. The maximum Gasteiger partial charge on any atom is 0.306 e. The van der Waals surface area contributed by atoms with Crippen molar-refractivity contribution in [3.63, 3.8) is 0 Å². The molecule has 0 amide bonds. The minimum Gasteiger partial charge on any atom is -0.466 e. The van der Waals surface area contributed by atoms with Gasteiger partial charge in [-0.3, -0.25) is 14.2 Å². The van der Waals surface area contributed by atoms with Gasteiger partial charge in [0.15, 0.2) is 0 Å². The van der Waals surface area contributed by atoms with Gasteiger partial charge in [-0.1, -0.05) is 6.07 Å². The maximum atomic E-state index is 11.6. The van der Waals surface area contributed by atoms with Gasteiger partial charge in [-0.15, -0.1) is 0 Å². The number of ether oxygens (including phenoxy) is 1. The zero-order chi connectivity index (χ0) is 15.4. The number of hydrogen-bond acceptors (Lipinski definition) is 4. The Morgan fingerprint density at radius 3 is 2.82 bits per heavy atom. The summed E-state index contributed by atoms with van der Waals surface area (Å²) < 4.78 is 7.04. The highest BCUT2D eigenvalue weighted by molar-refractivity contribution is 5.71. The van der Waals surface area contributed by atoms with Crippen LogP contribution in [0.3, 0.4) is 0 Å². The molecule has 0 radical (unpaired) electrons. The van der Waals surface area contributed by atoms with E-state index in [2.05, 4.69) is 9.97 Å². The molecule has 3 aromatic rings. The predicted octanol–water partition coefficient (Wildman–Crippen LogP) is 2.89. The molecule has 22 heavy (non-hydrogen) atoms. The highest BCUT2D eigenvalue weighted by Gasteiger charge is 2.15. The third kappa shape index (κ3) is 2.83. The number of fused-ring (bicyclic) bond motifs is 1. The van der Waals surface area contributed by atoms with Crippen molar-refractivity contribution in [3.05, 3.63) is 54.6 Å². The summed E-state index contributed by atoms with van der Waals surface area (Å²) in [5, 5.41) is 0. The van der Waals surface area contributed by atoms with Crippen LogP contribution in [-0.4, -0.2) is 26.9 Å². The lowest BCUT2D eigenvalue weighted by molar-refractivity contribution is -0.143. The van der Waals surface area contributed by atoms with Crippen molar-refractivity contribution in [2.45, 2.75) is 19.8 Å². The molecule has 0 N–H and O–H groups in total.